The van der Waals surface area contributed by atoms with Crippen LogP contribution < -0.4 is 10.1 Å². The van der Waals surface area contributed by atoms with Crippen molar-refractivity contribution in [3.05, 3.63) is 65.2 Å². The van der Waals surface area contributed by atoms with E-state index in [9.17, 15) is 22.8 Å². The van der Waals surface area contributed by atoms with Crippen LogP contribution in [0.1, 0.15) is 34.8 Å². The molecule has 2 aromatic carbocycles. The first-order valence-corrected chi connectivity index (χ1v) is 8.62. The van der Waals surface area contributed by atoms with Crippen LogP contribution in [-0.4, -0.2) is 23.3 Å². The highest BCUT2D eigenvalue weighted by atomic mass is 19.4. The number of halogens is 3. The van der Waals surface area contributed by atoms with E-state index in [0.29, 0.717) is 24.0 Å². The van der Waals surface area contributed by atoms with Crippen molar-refractivity contribution in [2.45, 2.75) is 32.7 Å². The second-order valence-corrected chi connectivity index (χ2v) is 6.22. The van der Waals surface area contributed by atoms with Crippen LogP contribution >= 0.6 is 0 Å². The summed E-state index contributed by atoms with van der Waals surface area (Å²) in [5.41, 5.74) is 1.85. The van der Waals surface area contributed by atoms with Gasteiger partial charge in [0.05, 0.1) is 5.92 Å². The lowest BCUT2D eigenvalue weighted by Gasteiger charge is -2.11. The van der Waals surface area contributed by atoms with Crippen molar-refractivity contribution in [3.8, 4) is 5.75 Å². The van der Waals surface area contributed by atoms with Crippen LogP contribution in [0.3, 0.4) is 0 Å². The molecule has 2 aromatic rings. The fourth-order valence-electron chi connectivity index (χ4n) is 2.58. The molecule has 0 heterocycles. The van der Waals surface area contributed by atoms with Gasteiger partial charge < -0.3 is 15.2 Å². The molecule has 28 heavy (non-hydrogen) atoms. The molecule has 1 amide bonds. The van der Waals surface area contributed by atoms with Crippen LogP contribution in [0.5, 0.6) is 5.75 Å². The highest BCUT2D eigenvalue weighted by molar-refractivity contribution is 5.94. The molecule has 0 saturated carbocycles. The molecule has 0 saturated heterocycles. The van der Waals surface area contributed by atoms with Crippen molar-refractivity contribution in [2.75, 3.05) is 0 Å². The summed E-state index contributed by atoms with van der Waals surface area (Å²) in [6, 6.07) is 11.9. The van der Waals surface area contributed by atoms with Gasteiger partial charge in [-0.3, -0.25) is 9.59 Å². The predicted octanol–water partition coefficient (Wildman–Crippen LogP) is 4.17. The lowest BCUT2D eigenvalue weighted by atomic mass is 9.96. The van der Waals surface area contributed by atoms with Crippen LogP contribution in [0.25, 0.3) is 0 Å². The maximum absolute atomic E-state index is 12.2. The van der Waals surface area contributed by atoms with Crippen molar-refractivity contribution in [1.29, 1.82) is 0 Å². The first-order chi connectivity index (χ1) is 13.2. The number of aliphatic carboxylic acids is 1. The molecule has 0 bridgehead atoms. The maximum Gasteiger partial charge on any atom is 0.573 e. The van der Waals surface area contributed by atoms with Crippen molar-refractivity contribution < 1.29 is 32.6 Å². The number of alkyl halides is 3. The molecule has 0 fully saturated rings. The monoisotopic (exact) mass is 395 g/mol. The Morgan fingerprint density at radius 2 is 1.61 bits per heavy atom. The number of carbonyl (C=O) groups is 2. The van der Waals surface area contributed by atoms with Gasteiger partial charge in [0.25, 0.3) is 5.91 Å². The Labute approximate surface area is 160 Å². The molecule has 150 valence electrons. The second kappa shape index (κ2) is 9.25. The van der Waals surface area contributed by atoms with E-state index in [0.717, 1.165) is 5.56 Å². The molecule has 0 radical (unpaired) electrons. The van der Waals surface area contributed by atoms with E-state index in [-0.39, 0.29) is 18.2 Å². The van der Waals surface area contributed by atoms with E-state index in [1.807, 2.05) is 6.92 Å². The van der Waals surface area contributed by atoms with Gasteiger partial charge in [0.1, 0.15) is 5.75 Å². The molecule has 0 aliphatic rings. The van der Waals surface area contributed by atoms with Gasteiger partial charge in [-0.05, 0) is 48.2 Å². The molecule has 1 unspecified atom stereocenters. The average molecular weight is 395 g/mol. The number of rotatable bonds is 8. The third kappa shape index (κ3) is 6.61. The number of carboxylic acids is 1. The number of hydrogen-bond acceptors (Lipinski definition) is 3. The lowest BCUT2D eigenvalue weighted by molar-refractivity contribution is -0.274. The molecule has 0 aliphatic heterocycles. The molecule has 2 N–H and O–H groups in total. The number of carboxylic acid groups (broad SMARTS) is 1. The smallest absolute Gasteiger partial charge is 0.481 e. The van der Waals surface area contributed by atoms with Gasteiger partial charge in [-0.1, -0.05) is 31.2 Å². The molecule has 2 rings (SSSR count). The van der Waals surface area contributed by atoms with Crippen molar-refractivity contribution in [2.24, 2.45) is 5.92 Å². The van der Waals surface area contributed by atoms with Gasteiger partial charge in [-0.2, -0.15) is 0 Å². The Balaban J connectivity index is 1.90. The summed E-state index contributed by atoms with van der Waals surface area (Å²) < 4.78 is 40.2. The Kier molecular flexibility index (Phi) is 7.03. The summed E-state index contributed by atoms with van der Waals surface area (Å²) in [5.74, 6) is -1.99. The van der Waals surface area contributed by atoms with Gasteiger partial charge in [0.15, 0.2) is 0 Å². The Hall–Kier alpha value is -3.03. The predicted molar refractivity (Wildman–Crippen MR) is 95.9 cm³/mol. The van der Waals surface area contributed by atoms with Crippen LogP contribution in [0.15, 0.2) is 48.5 Å². The van der Waals surface area contributed by atoms with Crippen LogP contribution in [0, 0.1) is 5.92 Å². The second-order valence-electron chi connectivity index (χ2n) is 6.22. The van der Waals surface area contributed by atoms with Gasteiger partial charge in [-0.25, -0.2) is 0 Å². The SMILES string of the molecule is CCC(Cc1ccc(C(=O)NCc2ccc(OC(F)(F)F)cc2)cc1)C(=O)O. The summed E-state index contributed by atoms with van der Waals surface area (Å²) in [7, 11) is 0. The van der Waals surface area contributed by atoms with E-state index in [2.05, 4.69) is 10.1 Å². The van der Waals surface area contributed by atoms with E-state index in [4.69, 9.17) is 5.11 Å². The van der Waals surface area contributed by atoms with Crippen LogP contribution in [-0.2, 0) is 17.8 Å². The van der Waals surface area contributed by atoms with E-state index in [1.54, 1.807) is 24.3 Å². The maximum atomic E-state index is 12.2. The fraction of sp³-hybridized carbons (Fsp3) is 0.300. The Morgan fingerprint density at radius 1 is 1.04 bits per heavy atom. The van der Waals surface area contributed by atoms with Crippen molar-refractivity contribution >= 4 is 11.9 Å². The molecule has 0 aliphatic carbocycles. The molecular weight excluding hydrogens is 375 g/mol. The molecule has 5 nitrogen and oxygen atoms in total. The number of carbonyl (C=O) groups excluding carboxylic acids is 1. The Morgan fingerprint density at radius 3 is 2.11 bits per heavy atom. The highest BCUT2D eigenvalue weighted by Gasteiger charge is 2.30. The van der Waals surface area contributed by atoms with E-state index in [1.165, 1.54) is 24.3 Å². The van der Waals surface area contributed by atoms with Crippen molar-refractivity contribution in [3.63, 3.8) is 0 Å². The quantitative estimate of drug-likeness (QED) is 0.704. The zero-order chi connectivity index (χ0) is 20.7. The summed E-state index contributed by atoms with van der Waals surface area (Å²) >= 11 is 0. The van der Waals surface area contributed by atoms with Crippen molar-refractivity contribution in [1.82, 2.24) is 5.32 Å². The van der Waals surface area contributed by atoms with Gasteiger partial charge in [0, 0.05) is 12.1 Å². The molecule has 0 spiro atoms. The number of benzene rings is 2. The number of nitrogens with one attached hydrogen (secondary N) is 1. The average Bonchev–Trinajstić information content (AvgIpc) is 2.64. The van der Waals surface area contributed by atoms with Crippen LogP contribution in [0.2, 0.25) is 0 Å². The minimum atomic E-state index is -4.75. The number of hydrogen-bond donors (Lipinski definition) is 2. The topological polar surface area (TPSA) is 75.6 Å². The zero-order valence-electron chi connectivity index (χ0n) is 15.1. The molecular formula is C20H20F3NO4. The summed E-state index contributed by atoms with van der Waals surface area (Å²) in [6.45, 7) is 1.95. The Bertz CT molecular complexity index is 802. The third-order valence-corrected chi connectivity index (χ3v) is 4.15. The summed E-state index contributed by atoms with van der Waals surface area (Å²) in [4.78, 5) is 23.3. The minimum absolute atomic E-state index is 0.143. The molecule has 8 heteroatoms. The third-order valence-electron chi connectivity index (χ3n) is 4.15. The molecule has 1 atom stereocenters. The van der Waals surface area contributed by atoms with E-state index >= 15 is 0 Å². The first kappa shape index (κ1) is 21.3. The van der Waals surface area contributed by atoms with Gasteiger partial charge in [-0.15, -0.1) is 13.2 Å². The summed E-state index contributed by atoms with van der Waals surface area (Å²) in [6.07, 6.45) is -3.84. The minimum Gasteiger partial charge on any atom is -0.481 e. The van der Waals surface area contributed by atoms with Gasteiger partial charge >= 0.3 is 12.3 Å². The summed E-state index contributed by atoms with van der Waals surface area (Å²) in [5, 5.41) is 11.8. The van der Waals surface area contributed by atoms with Gasteiger partial charge in [0.2, 0.25) is 0 Å². The standard InChI is InChI=1S/C20H20F3NO4/c1-2-15(19(26)27)11-13-3-7-16(8-4-13)18(25)24-12-14-5-9-17(10-6-14)28-20(21,22)23/h3-10,15H,2,11-12H2,1H3,(H,24,25)(H,26,27). The molecule has 0 aromatic heterocycles. The number of amides is 1. The highest BCUT2D eigenvalue weighted by Crippen LogP contribution is 2.22. The normalized spacial score (nSPS) is 12.3. The fourth-order valence-corrected chi connectivity index (χ4v) is 2.58. The number of ether oxygens (including phenoxy) is 1. The lowest BCUT2D eigenvalue weighted by Crippen LogP contribution is -2.23. The first-order valence-electron chi connectivity index (χ1n) is 8.62. The van der Waals surface area contributed by atoms with E-state index < -0.39 is 18.2 Å². The largest absolute Gasteiger partial charge is 0.573 e. The zero-order valence-corrected chi connectivity index (χ0v) is 15.1. The van der Waals surface area contributed by atoms with Crippen LogP contribution in [0.4, 0.5) is 13.2 Å².